The number of ketones is 2. The van der Waals surface area contributed by atoms with Gasteiger partial charge in [0.25, 0.3) is 0 Å². The van der Waals surface area contributed by atoms with Crippen LogP contribution in [0, 0.1) is 0 Å². The molecule has 1 aliphatic rings. The minimum absolute atomic E-state index is 0.0401. The van der Waals surface area contributed by atoms with Gasteiger partial charge in [-0.3, -0.25) is 24.5 Å². The average Bonchev–Trinajstić information content (AvgIpc) is 2.70. The van der Waals surface area contributed by atoms with E-state index in [1.807, 2.05) is 0 Å². The van der Waals surface area contributed by atoms with Crippen molar-refractivity contribution in [2.75, 3.05) is 5.32 Å². The van der Waals surface area contributed by atoms with E-state index in [0.717, 1.165) is 13.8 Å². The number of nitrogens with one attached hydrogen (secondary N) is 1. The van der Waals surface area contributed by atoms with Gasteiger partial charge in [0.15, 0.2) is 11.5 Å². The Balaban J connectivity index is 2.19. The van der Waals surface area contributed by atoms with E-state index in [2.05, 4.69) is 5.32 Å². The van der Waals surface area contributed by atoms with Gasteiger partial charge in [-0.2, -0.15) is 0 Å². The van der Waals surface area contributed by atoms with E-state index in [-0.39, 0.29) is 33.7 Å². The lowest BCUT2D eigenvalue weighted by atomic mass is 9.84. The molecule has 0 bridgehead atoms. The van der Waals surface area contributed by atoms with Gasteiger partial charge in [0.05, 0.1) is 16.8 Å². The smallest absolute Gasteiger partial charge is 0.412 e. The summed E-state index contributed by atoms with van der Waals surface area (Å²) in [5, 5.41) is 2.57. The molecule has 0 atom stereocenters. The first-order valence-electron chi connectivity index (χ1n) is 10.3. The quantitative estimate of drug-likeness (QED) is 0.523. The number of esters is 2. The monoisotopic (exact) mass is 465 g/mol. The molecule has 9 nitrogen and oxygen atoms in total. The Labute approximate surface area is 195 Å². The predicted molar refractivity (Wildman–Crippen MR) is 121 cm³/mol. The summed E-state index contributed by atoms with van der Waals surface area (Å²) in [6.45, 7) is 7.32. The van der Waals surface area contributed by atoms with Crippen molar-refractivity contribution in [1.82, 2.24) is 0 Å². The molecule has 34 heavy (non-hydrogen) atoms. The fourth-order valence-electron chi connectivity index (χ4n) is 3.37. The molecular formula is C25H23NO8. The van der Waals surface area contributed by atoms with E-state index in [4.69, 9.17) is 14.2 Å². The van der Waals surface area contributed by atoms with Gasteiger partial charge in [0, 0.05) is 25.0 Å². The molecule has 3 rings (SSSR count). The van der Waals surface area contributed by atoms with E-state index in [9.17, 15) is 24.0 Å². The lowest BCUT2D eigenvalue weighted by Crippen LogP contribution is -2.28. The summed E-state index contributed by atoms with van der Waals surface area (Å²) in [5.74, 6) is -3.67. The second-order valence-electron chi connectivity index (χ2n) is 8.40. The predicted octanol–water partition coefficient (Wildman–Crippen LogP) is 4.31. The number of hydrogen-bond acceptors (Lipinski definition) is 8. The fourth-order valence-corrected chi connectivity index (χ4v) is 3.37. The molecule has 9 heteroatoms. The zero-order valence-electron chi connectivity index (χ0n) is 19.3. The Kier molecular flexibility index (Phi) is 6.67. The topological polar surface area (TPSA) is 125 Å². The third-order valence-corrected chi connectivity index (χ3v) is 4.49. The molecule has 2 aromatic carbocycles. The number of amides is 1. The maximum Gasteiger partial charge on any atom is 0.412 e. The normalized spacial score (nSPS) is 13.2. The second kappa shape index (κ2) is 9.30. The highest BCUT2D eigenvalue weighted by atomic mass is 16.6. The third kappa shape index (κ3) is 5.20. The third-order valence-electron chi connectivity index (χ3n) is 4.49. The molecule has 0 heterocycles. The van der Waals surface area contributed by atoms with Crippen molar-refractivity contribution >= 4 is 40.9 Å². The van der Waals surface area contributed by atoms with Crippen molar-refractivity contribution in [3.05, 3.63) is 64.9 Å². The number of benzene rings is 2. The highest BCUT2D eigenvalue weighted by molar-refractivity contribution is 6.41. The summed E-state index contributed by atoms with van der Waals surface area (Å²) >= 11 is 0. The van der Waals surface area contributed by atoms with Crippen LogP contribution in [0.4, 0.5) is 10.5 Å². The summed E-state index contributed by atoms with van der Waals surface area (Å²) in [6.07, 6.45) is -0.776. The Hall–Kier alpha value is -4.27. The van der Waals surface area contributed by atoms with Crippen molar-refractivity contribution in [1.29, 1.82) is 0 Å². The zero-order chi connectivity index (χ0) is 25.2. The van der Waals surface area contributed by atoms with Crippen molar-refractivity contribution in [3.63, 3.8) is 0 Å². The standard InChI is InChI=1S/C25H23NO8/c1-13(27)32-18-12-8-10-16-19(18)22(30)23(33-14(2)28)20(21(16)29)15-9-6-7-11-17(15)26-24(31)34-25(3,4)5/h6-12H,1-5H3,(H,26,31). The molecule has 176 valence electrons. The number of allylic oxidation sites excluding steroid dienone is 2. The second-order valence-corrected chi connectivity index (χ2v) is 8.40. The SMILES string of the molecule is CC(=O)OC1=C(c2ccccc2NC(=O)OC(C)(C)C)C(=O)c2cccc(OC(C)=O)c2C1=O. The molecule has 1 amide bonds. The van der Waals surface area contributed by atoms with Crippen LogP contribution in [0.25, 0.3) is 5.57 Å². The first-order chi connectivity index (χ1) is 15.9. The lowest BCUT2D eigenvalue weighted by molar-refractivity contribution is -0.136. The Morgan fingerprint density at radius 2 is 1.41 bits per heavy atom. The molecule has 1 N–H and O–H groups in total. The van der Waals surface area contributed by atoms with Crippen LogP contribution in [-0.2, 0) is 19.1 Å². The van der Waals surface area contributed by atoms with Gasteiger partial charge in [0.1, 0.15) is 11.4 Å². The van der Waals surface area contributed by atoms with Crippen molar-refractivity contribution in [3.8, 4) is 5.75 Å². The van der Waals surface area contributed by atoms with Crippen molar-refractivity contribution in [2.45, 2.75) is 40.2 Å². The number of anilines is 1. The number of carbonyl (C=O) groups excluding carboxylic acids is 5. The fraction of sp³-hybridized carbons (Fsp3) is 0.240. The highest BCUT2D eigenvalue weighted by Crippen LogP contribution is 2.39. The van der Waals surface area contributed by atoms with Crippen LogP contribution < -0.4 is 10.1 Å². The molecule has 0 fully saturated rings. The number of fused-ring (bicyclic) bond motifs is 1. The van der Waals surface area contributed by atoms with Crippen LogP contribution in [0.3, 0.4) is 0 Å². The molecular weight excluding hydrogens is 442 g/mol. The highest BCUT2D eigenvalue weighted by Gasteiger charge is 2.38. The summed E-state index contributed by atoms with van der Waals surface area (Å²) in [7, 11) is 0. The molecule has 1 aliphatic carbocycles. The number of ether oxygens (including phenoxy) is 3. The van der Waals surface area contributed by atoms with Crippen molar-refractivity contribution < 1.29 is 38.2 Å². The molecule has 0 unspecified atom stereocenters. The van der Waals surface area contributed by atoms with Crippen LogP contribution in [0.15, 0.2) is 48.2 Å². The summed E-state index contributed by atoms with van der Waals surface area (Å²) in [5.41, 5.74) is -0.922. The molecule has 0 radical (unpaired) electrons. The maximum absolute atomic E-state index is 13.6. The van der Waals surface area contributed by atoms with Crippen LogP contribution in [0.2, 0.25) is 0 Å². The molecule has 0 saturated heterocycles. The van der Waals surface area contributed by atoms with E-state index < -0.39 is 41.0 Å². The van der Waals surface area contributed by atoms with E-state index >= 15 is 0 Å². The van der Waals surface area contributed by atoms with Crippen molar-refractivity contribution in [2.24, 2.45) is 0 Å². The molecule has 0 spiro atoms. The van der Waals surface area contributed by atoms with Gasteiger partial charge in [-0.25, -0.2) is 4.79 Å². The van der Waals surface area contributed by atoms with Crippen LogP contribution in [0.1, 0.15) is 60.9 Å². The van der Waals surface area contributed by atoms with E-state index in [1.54, 1.807) is 32.9 Å². The maximum atomic E-state index is 13.6. The number of hydrogen-bond donors (Lipinski definition) is 1. The summed E-state index contributed by atoms with van der Waals surface area (Å²) < 4.78 is 15.6. The minimum atomic E-state index is -0.834. The molecule has 2 aromatic rings. The average molecular weight is 465 g/mol. The Morgan fingerprint density at radius 1 is 0.794 bits per heavy atom. The number of carbonyl (C=O) groups is 5. The molecule has 0 saturated carbocycles. The van der Waals surface area contributed by atoms with Crippen LogP contribution in [-0.4, -0.2) is 35.2 Å². The number of para-hydroxylation sites is 1. The lowest BCUT2D eigenvalue weighted by Gasteiger charge is -2.24. The molecule has 0 aromatic heterocycles. The molecule has 0 aliphatic heterocycles. The van der Waals surface area contributed by atoms with Gasteiger partial charge in [-0.05, 0) is 32.9 Å². The largest absolute Gasteiger partial charge is 0.444 e. The van der Waals surface area contributed by atoms with E-state index in [1.165, 1.54) is 30.3 Å². The summed E-state index contributed by atoms with van der Waals surface area (Å²) in [4.78, 5) is 62.7. The number of Topliss-reactive ketones (excluding diaryl/α,β-unsaturated/α-hetero) is 2. The van der Waals surface area contributed by atoms with E-state index in [0.29, 0.717) is 0 Å². The van der Waals surface area contributed by atoms with Gasteiger partial charge < -0.3 is 14.2 Å². The Bertz CT molecular complexity index is 1250. The first-order valence-corrected chi connectivity index (χ1v) is 10.3. The van der Waals surface area contributed by atoms with Crippen LogP contribution in [0.5, 0.6) is 5.75 Å². The van der Waals surface area contributed by atoms with Gasteiger partial charge in [-0.15, -0.1) is 0 Å². The number of rotatable bonds is 4. The first kappa shape index (κ1) is 24.4. The van der Waals surface area contributed by atoms with Gasteiger partial charge in [-0.1, -0.05) is 30.3 Å². The summed E-state index contributed by atoms with van der Waals surface area (Å²) in [6, 6.07) is 10.4. The van der Waals surface area contributed by atoms with Gasteiger partial charge in [0.2, 0.25) is 5.78 Å². The zero-order valence-corrected chi connectivity index (χ0v) is 19.3. The minimum Gasteiger partial charge on any atom is -0.444 e. The van der Waals surface area contributed by atoms with Crippen LogP contribution >= 0.6 is 0 Å². The van der Waals surface area contributed by atoms with Gasteiger partial charge >= 0.3 is 18.0 Å². The Morgan fingerprint density at radius 3 is 2.03 bits per heavy atom.